The molecular formula is C17H24N4O2. The lowest BCUT2D eigenvalue weighted by Gasteiger charge is -2.12. The van der Waals surface area contributed by atoms with E-state index in [4.69, 9.17) is 4.74 Å². The van der Waals surface area contributed by atoms with Crippen LogP contribution in [0.4, 0.5) is 11.4 Å². The van der Waals surface area contributed by atoms with E-state index >= 15 is 0 Å². The second-order valence-electron chi connectivity index (χ2n) is 5.37. The Morgan fingerprint density at radius 3 is 2.70 bits per heavy atom. The molecular weight excluding hydrogens is 292 g/mol. The van der Waals surface area contributed by atoms with E-state index in [9.17, 15) is 4.79 Å². The Morgan fingerprint density at radius 2 is 2.04 bits per heavy atom. The third-order valence-corrected chi connectivity index (χ3v) is 3.69. The van der Waals surface area contributed by atoms with Crippen LogP contribution < -0.4 is 10.6 Å². The van der Waals surface area contributed by atoms with Gasteiger partial charge >= 0.3 is 0 Å². The van der Waals surface area contributed by atoms with E-state index in [1.165, 1.54) is 0 Å². The monoisotopic (exact) mass is 316 g/mol. The Hall–Kier alpha value is -2.34. The molecule has 23 heavy (non-hydrogen) atoms. The number of para-hydroxylation sites is 1. The van der Waals surface area contributed by atoms with Crippen molar-refractivity contribution >= 4 is 17.3 Å². The molecule has 2 rings (SSSR count). The topological polar surface area (TPSA) is 68.2 Å². The molecule has 0 aliphatic heterocycles. The lowest BCUT2D eigenvalue weighted by molar-refractivity contribution is -0.114. The highest BCUT2D eigenvalue weighted by molar-refractivity contribution is 5.94. The SMILES string of the molecule is CCOCc1ccccc1NCC(=O)Nc1c(C)nn(C)c1C. The van der Waals surface area contributed by atoms with Crippen molar-refractivity contribution in [2.24, 2.45) is 7.05 Å². The number of aryl methyl sites for hydroxylation is 2. The summed E-state index contributed by atoms with van der Waals surface area (Å²) in [7, 11) is 1.86. The van der Waals surface area contributed by atoms with Crippen LogP contribution in [-0.4, -0.2) is 28.8 Å². The lowest BCUT2D eigenvalue weighted by atomic mass is 10.2. The van der Waals surface area contributed by atoms with Gasteiger partial charge in [-0.3, -0.25) is 9.48 Å². The largest absolute Gasteiger partial charge is 0.377 e. The van der Waals surface area contributed by atoms with Crippen LogP contribution in [0.3, 0.4) is 0 Å². The maximum absolute atomic E-state index is 12.2. The predicted octanol–water partition coefficient (Wildman–Crippen LogP) is 2.62. The van der Waals surface area contributed by atoms with Gasteiger partial charge in [-0.15, -0.1) is 0 Å². The van der Waals surface area contributed by atoms with Crippen LogP contribution in [-0.2, 0) is 23.2 Å². The Morgan fingerprint density at radius 1 is 1.30 bits per heavy atom. The molecule has 1 amide bonds. The minimum Gasteiger partial charge on any atom is -0.377 e. The fourth-order valence-corrected chi connectivity index (χ4v) is 2.34. The van der Waals surface area contributed by atoms with Gasteiger partial charge in [0, 0.05) is 24.9 Å². The second kappa shape index (κ2) is 7.78. The molecule has 0 fully saturated rings. The van der Waals surface area contributed by atoms with Crippen molar-refractivity contribution in [3.05, 3.63) is 41.2 Å². The van der Waals surface area contributed by atoms with E-state index in [1.807, 2.05) is 52.1 Å². The summed E-state index contributed by atoms with van der Waals surface area (Å²) >= 11 is 0. The van der Waals surface area contributed by atoms with Gasteiger partial charge in [0.1, 0.15) is 0 Å². The molecule has 0 bridgehead atoms. The van der Waals surface area contributed by atoms with Gasteiger partial charge in [0.2, 0.25) is 5.91 Å². The Kier molecular flexibility index (Phi) is 5.76. The number of hydrogen-bond donors (Lipinski definition) is 2. The highest BCUT2D eigenvalue weighted by Gasteiger charge is 2.12. The van der Waals surface area contributed by atoms with E-state index in [0.717, 1.165) is 28.3 Å². The predicted molar refractivity (Wildman–Crippen MR) is 91.6 cm³/mol. The fraction of sp³-hybridized carbons (Fsp3) is 0.412. The zero-order valence-corrected chi connectivity index (χ0v) is 14.1. The van der Waals surface area contributed by atoms with E-state index in [0.29, 0.717) is 13.2 Å². The van der Waals surface area contributed by atoms with Crippen LogP contribution in [0.5, 0.6) is 0 Å². The molecule has 1 heterocycles. The van der Waals surface area contributed by atoms with Gasteiger partial charge in [0.25, 0.3) is 0 Å². The standard InChI is InChI=1S/C17H24N4O2/c1-5-23-11-14-8-6-7-9-15(14)18-10-16(22)19-17-12(2)20-21(4)13(17)3/h6-9,18H,5,10-11H2,1-4H3,(H,19,22). The van der Waals surface area contributed by atoms with Crippen LogP contribution in [0.15, 0.2) is 24.3 Å². The molecule has 1 aromatic carbocycles. The van der Waals surface area contributed by atoms with Gasteiger partial charge in [0.05, 0.1) is 30.2 Å². The molecule has 0 saturated heterocycles. The van der Waals surface area contributed by atoms with Crippen LogP contribution in [0.1, 0.15) is 23.9 Å². The number of anilines is 2. The van der Waals surface area contributed by atoms with Gasteiger partial charge in [-0.2, -0.15) is 5.10 Å². The summed E-state index contributed by atoms with van der Waals surface area (Å²) in [5.74, 6) is -0.101. The summed E-state index contributed by atoms with van der Waals surface area (Å²) in [5.41, 5.74) is 4.48. The molecule has 124 valence electrons. The number of benzene rings is 1. The highest BCUT2D eigenvalue weighted by atomic mass is 16.5. The molecule has 2 N–H and O–H groups in total. The van der Waals surface area contributed by atoms with Gasteiger partial charge in [-0.25, -0.2) is 0 Å². The van der Waals surface area contributed by atoms with Crippen LogP contribution in [0, 0.1) is 13.8 Å². The first-order valence-electron chi connectivity index (χ1n) is 7.72. The molecule has 0 spiro atoms. The molecule has 0 aliphatic carbocycles. The Labute approximate surface area is 136 Å². The van der Waals surface area contributed by atoms with Gasteiger partial charge in [-0.05, 0) is 26.8 Å². The lowest BCUT2D eigenvalue weighted by Crippen LogP contribution is -2.23. The molecule has 6 heteroatoms. The normalized spacial score (nSPS) is 10.6. The number of nitrogens with one attached hydrogen (secondary N) is 2. The van der Waals surface area contributed by atoms with E-state index in [-0.39, 0.29) is 12.5 Å². The van der Waals surface area contributed by atoms with Crippen LogP contribution >= 0.6 is 0 Å². The van der Waals surface area contributed by atoms with Crippen molar-refractivity contribution in [3.8, 4) is 0 Å². The number of amides is 1. The second-order valence-corrected chi connectivity index (χ2v) is 5.37. The number of ether oxygens (including phenoxy) is 1. The number of rotatable bonds is 7. The average Bonchev–Trinajstić information content (AvgIpc) is 2.78. The Bertz CT molecular complexity index is 679. The summed E-state index contributed by atoms with van der Waals surface area (Å²) < 4.78 is 7.21. The third-order valence-electron chi connectivity index (χ3n) is 3.69. The minimum absolute atomic E-state index is 0.101. The summed E-state index contributed by atoms with van der Waals surface area (Å²) in [6.45, 7) is 7.16. The summed E-state index contributed by atoms with van der Waals surface area (Å²) in [6.07, 6.45) is 0. The van der Waals surface area contributed by atoms with Crippen LogP contribution in [0.25, 0.3) is 0 Å². The highest BCUT2D eigenvalue weighted by Crippen LogP contribution is 2.19. The average molecular weight is 316 g/mol. The van der Waals surface area contributed by atoms with Crippen LogP contribution in [0.2, 0.25) is 0 Å². The number of aromatic nitrogens is 2. The summed E-state index contributed by atoms with van der Waals surface area (Å²) in [4.78, 5) is 12.2. The maximum atomic E-state index is 12.2. The van der Waals surface area contributed by atoms with Crippen molar-refractivity contribution < 1.29 is 9.53 Å². The maximum Gasteiger partial charge on any atom is 0.243 e. The van der Waals surface area contributed by atoms with E-state index in [2.05, 4.69) is 15.7 Å². The van der Waals surface area contributed by atoms with Gasteiger partial charge < -0.3 is 15.4 Å². The molecule has 0 aliphatic rings. The summed E-state index contributed by atoms with van der Waals surface area (Å²) in [6, 6.07) is 7.83. The molecule has 2 aromatic rings. The molecule has 0 atom stereocenters. The molecule has 0 unspecified atom stereocenters. The first-order chi connectivity index (χ1) is 11.0. The Balaban J connectivity index is 1.97. The summed E-state index contributed by atoms with van der Waals surface area (Å²) in [5, 5.41) is 10.4. The molecule has 0 saturated carbocycles. The van der Waals surface area contributed by atoms with Crippen molar-refractivity contribution in [1.82, 2.24) is 9.78 Å². The molecule has 6 nitrogen and oxygen atoms in total. The number of carbonyl (C=O) groups is 1. The van der Waals surface area contributed by atoms with Crippen molar-refractivity contribution in [2.45, 2.75) is 27.4 Å². The molecule has 1 aromatic heterocycles. The van der Waals surface area contributed by atoms with Crippen molar-refractivity contribution in [3.63, 3.8) is 0 Å². The van der Waals surface area contributed by atoms with E-state index < -0.39 is 0 Å². The first kappa shape index (κ1) is 17.0. The number of hydrogen-bond acceptors (Lipinski definition) is 4. The third kappa shape index (κ3) is 4.32. The van der Waals surface area contributed by atoms with Gasteiger partial charge in [-0.1, -0.05) is 18.2 Å². The quantitative estimate of drug-likeness (QED) is 0.824. The zero-order chi connectivity index (χ0) is 16.8. The van der Waals surface area contributed by atoms with Crippen molar-refractivity contribution in [1.29, 1.82) is 0 Å². The minimum atomic E-state index is -0.101. The first-order valence-corrected chi connectivity index (χ1v) is 7.72. The fourth-order valence-electron chi connectivity index (χ4n) is 2.34. The van der Waals surface area contributed by atoms with E-state index in [1.54, 1.807) is 4.68 Å². The number of carbonyl (C=O) groups excluding carboxylic acids is 1. The number of nitrogens with zero attached hydrogens (tertiary/aromatic N) is 2. The van der Waals surface area contributed by atoms with Crippen molar-refractivity contribution in [2.75, 3.05) is 23.8 Å². The zero-order valence-electron chi connectivity index (χ0n) is 14.1. The molecule has 0 radical (unpaired) electrons. The smallest absolute Gasteiger partial charge is 0.243 e. The van der Waals surface area contributed by atoms with Gasteiger partial charge in [0.15, 0.2) is 0 Å².